The Labute approximate surface area is 119 Å². The van der Waals surface area contributed by atoms with Crippen LogP contribution in [0.25, 0.3) is 10.9 Å². The van der Waals surface area contributed by atoms with Gasteiger partial charge in [0, 0.05) is 42.8 Å². The second kappa shape index (κ2) is 5.46. The lowest BCUT2D eigenvalue weighted by Gasteiger charge is -2.27. The number of nitrogens with zero attached hydrogens (tertiary/aromatic N) is 2. The van der Waals surface area contributed by atoms with E-state index < -0.39 is 0 Å². The summed E-state index contributed by atoms with van der Waals surface area (Å²) in [6.45, 7) is 8.94. The molecule has 0 unspecified atom stereocenters. The summed E-state index contributed by atoms with van der Waals surface area (Å²) in [6.07, 6.45) is 0. The lowest BCUT2D eigenvalue weighted by atomic mass is 10.2. The van der Waals surface area contributed by atoms with Crippen LogP contribution in [0.5, 0.6) is 5.75 Å². The Morgan fingerprint density at radius 3 is 2.65 bits per heavy atom. The van der Waals surface area contributed by atoms with Crippen molar-refractivity contribution in [3.63, 3.8) is 0 Å². The molecule has 0 amide bonds. The zero-order chi connectivity index (χ0) is 14.1. The largest absolute Gasteiger partial charge is 0.508 e. The first-order valence-electron chi connectivity index (χ1n) is 7.28. The first kappa shape index (κ1) is 13.5. The first-order chi connectivity index (χ1) is 9.65. The molecule has 0 aliphatic carbocycles. The van der Waals surface area contributed by atoms with Crippen molar-refractivity contribution in [1.82, 2.24) is 9.47 Å². The number of phenols is 1. The van der Waals surface area contributed by atoms with Gasteiger partial charge >= 0.3 is 0 Å². The van der Waals surface area contributed by atoms with Gasteiger partial charge in [0.1, 0.15) is 5.75 Å². The molecule has 0 radical (unpaired) electrons. The summed E-state index contributed by atoms with van der Waals surface area (Å²) in [6, 6.07) is 8.23. The van der Waals surface area contributed by atoms with Gasteiger partial charge in [-0.3, -0.25) is 4.90 Å². The van der Waals surface area contributed by atoms with Crippen LogP contribution in [0.3, 0.4) is 0 Å². The van der Waals surface area contributed by atoms with Gasteiger partial charge in [0.2, 0.25) is 0 Å². The van der Waals surface area contributed by atoms with E-state index in [-0.39, 0.29) is 0 Å². The molecule has 0 spiro atoms. The van der Waals surface area contributed by atoms with Crippen molar-refractivity contribution < 1.29 is 9.84 Å². The van der Waals surface area contributed by atoms with Gasteiger partial charge in [0.05, 0.1) is 18.7 Å². The highest BCUT2D eigenvalue weighted by Crippen LogP contribution is 2.28. The molecule has 1 aromatic heterocycles. The van der Waals surface area contributed by atoms with Crippen molar-refractivity contribution in [3.05, 3.63) is 30.0 Å². The Morgan fingerprint density at radius 2 is 1.95 bits per heavy atom. The number of rotatable bonds is 3. The predicted molar refractivity (Wildman–Crippen MR) is 80.1 cm³/mol. The van der Waals surface area contributed by atoms with Gasteiger partial charge in [0.25, 0.3) is 0 Å². The maximum atomic E-state index is 9.73. The Kier molecular flexibility index (Phi) is 3.68. The number of aromatic hydroxyl groups is 1. The van der Waals surface area contributed by atoms with E-state index in [9.17, 15) is 5.11 Å². The van der Waals surface area contributed by atoms with Crippen LogP contribution in [0.1, 0.15) is 25.6 Å². The molecule has 2 heterocycles. The fourth-order valence-electron chi connectivity index (χ4n) is 2.99. The van der Waals surface area contributed by atoms with Crippen LogP contribution < -0.4 is 0 Å². The van der Waals surface area contributed by atoms with E-state index in [1.165, 1.54) is 11.1 Å². The number of benzene rings is 1. The Morgan fingerprint density at radius 1 is 1.20 bits per heavy atom. The van der Waals surface area contributed by atoms with E-state index >= 15 is 0 Å². The quantitative estimate of drug-likeness (QED) is 0.935. The minimum Gasteiger partial charge on any atom is -0.508 e. The molecule has 0 atom stereocenters. The zero-order valence-electron chi connectivity index (χ0n) is 12.2. The summed E-state index contributed by atoms with van der Waals surface area (Å²) in [5, 5.41) is 10.9. The van der Waals surface area contributed by atoms with E-state index in [1.54, 1.807) is 6.07 Å². The second-order valence-electron chi connectivity index (χ2n) is 5.73. The molecule has 2 aromatic rings. The maximum Gasteiger partial charge on any atom is 0.117 e. The Balaban J connectivity index is 1.98. The highest BCUT2D eigenvalue weighted by molar-refractivity contribution is 5.83. The maximum absolute atomic E-state index is 9.73. The molecule has 1 aliphatic heterocycles. The minimum absolute atomic E-state index is 0.329. The van der Waals surface area contributed by atoms with Crippen LogP contribution in [0.15, 0.2) is 24.3 Å². The van der Waals surface area contributed by atoms with Crippen LogP contribution in [0, 0.1) is 0 Å². The molecule has 4 nitrogen and oxygen atoms in total. The summed E-state index contributed by atoms with van der Waals surface area (Å²) in [5.41, 5.74) is 2.42. The third-order valence-electron chi connectivity index (χ3n) is 3.91. The molecule has 1 N–H and O–H groups in total. The van der Waals surface area contributed by atoms with Gasteiger partial charge < -0.3 is 14.4 Å². The average Bonchev–Trinajstić information content (AvgIpc) is 2.77. The minimum atomic E-state index is 0.329. The molecule has 1 aliphatic rings. The molecule has 108 valence electrons. The van der Waals surface area contributed by atoms with Gasteiger partial charge in [-0.25, -0.2) is 0 Å². The van der Waals surface area contributed by atoms with E-state index in [2.05, 4.69) is 29.4 Å². The van der Waals surface area contributed by atoms with Gasteiger partial charge in [-0.05, 0) is 32.0 Å². The fraction of sp³-hybridized carbons (Fsp3) is 0.500. The lowest BCUT2D eigenvalue weighted by Crippen LogP contribution is -2.36. The third-order valence-corrected chi connectivity index (χ3v) is 3.91. The van der Waals surface area contributed by atoms with Gasteiger partial charge in [-0.15, -0.1) is 0 Å². The van der Waals surface area contributed by atoms with Crippen LogP contribution in [0.2, 0.25) is 0 Å². The highest BCUT2D eigenvalue weighted by atomic mass is 16.5. The first-order valence-corrected chi connectivity index (χ1v) is 7.28. The molecule has 3 rings (SSSR count). The van der Waals surface area contributed by atoms with Crippen molar-refractivity contribution in [1.29, 1.82) is 0 Å². The molecule has 1 fully saturated rings. The Hall–Kier alpha value is -1.52. The van der Waals surface area contributed by atoms with Crippen molar-refractivity contribution in [2.24, 2.45) is 0 Å². The molecular formula is C16H22N2O2. The standard InChI is InChI=1S/C16H22N2O2/c1-12(2)18-14(11-17-5-7-20-8-6-17)9-13-3-4-15(19)10-16(13)18/h3-4,9-10,12,19H,5-8,11H2,1-2H3. The monoisotopic (exact) mass is 274 g/mol. The molecule has 1 aromatic carbocycles. The van der Waals surface area contributed by atoms with Gasteiger partial charge in [-0.1, -0.05) is 0 Å². The van der Waals surface area contributed by atoms with Gasteiger partial charge in [-0.2, -0.15) is 0 Å². The summed E-state index contributed by atoms with van der Waals surface area (Å²) >= 11 is 0. The topological polar surface area (TPSA) is 37.6 Å². The predicted octanol–water partition coefficient (Wildman–Crippen LogP) is 2.76. The number of aromatic nitrogens is 1. The molecule has 1 saturated heterocycles. The fourth-order valence-corrected chi connectivity index (χ4v) is 2.99. The number of fused-ring (bicyclic) bond motifs is 1. The summed E-state index contributed by atoms with van der Waals surface area (Å²) in [4.78, 5) is 2.43. The number of morpholine rings is 1. The summed E-state index contributed by atoms with van der Waals surface area (Å²) in [5.74, 6) is 0.329. The van der Waals surface area contributed by atoms with E-state index in [0.29, 0.717) is 11.8 Å². The van der Waals surface area contributed by atoms with E-state index in [4.69, 9.17) is 4.74 Å². The highest BCUT2D eigenvalue weighted by Gasteiger charge is 2.16. The van der Waals surface area contributed by atoms with Crippen molar-refractivity contribution >= 4 is 10.9 Å². The summed E-state index contributed by atoms with van der Waals surface area (Å²) in [7, 11) is 0. The normalized spacial score (nSPS) is 17.1. The molecule has 4 heteroatoms. The van der Waals surface area contributed by atoms with Crippen LogP contribution >= 0.6 is 0 Å². The van der Waals surface area contributed by atoms with Crippen molar-refractivity contribution in [3.8, 4) is 5.75 Å². The third kappa shape index (κ3) is 2.53. The number of phenolic OH excluding ortho intramolecular Hbond substituents is 1. The molecule has 0 saturated carbocycles. The van der Waals surface area contributed by atoms with Crippen molar-refractivity contribution in [2.75, 3.05) is 26.3 Å². The number of hydrogen-bond acceptors (Lipinski definition) is 3. The molecule has 20 heavy (non-hydrogen) atoms. The smallest absolute Gasteiger partial charge is 0.117 e. The zero-order valence-corrected chi connectivity index (χ0v) is 12.2. The van der Waals surface area contributed by atoms with E-state index in [1.807, 2.05) is 12.1 Å². The number of hydrogen-bond donors (Lipinski definition) is 1. The van der Waals surface area contributed by atoms with Crippen LogP contribution in [-0.2, 0) is 11.3 Å². The van der Waals surface area contributed by atoms with Crippen LogP contribution in [0.4, 0.5) is 0 Å². The SMILES string of the molecule is CC(C)n1c(CN2CCOCC2)cc2ccc(O)cc21. The second-order valence-corrected chi connectivity index (χ2v) is 5.73. The molecular weight excluding hydrogens is 252 g/mol. The van der Waals surface area contributed by atoms with Gasteiger partial charge in [0.15, 0.2) is 0 Å². The summed E-state index contributed by atoms with van der Waals surface area (Å²) < 4.78 is 7.73. The Bertz CT molecular complexity index is 598. The molecule has 0 bridgehead atoms. The lowest BCUT2D eigenvalue weighted by molar-refractivity contribution is 0.0331. The van der Waals surface area contributed by atoms with Crippen molar-refractivity contribution in [2.45, 2.75) is 26.4 Å². The average molecular weight is 274 g/mol. The van der Waals surface area contributed by atoms with E-state index in [0.717, 1.165) is 38.4 Å². The van der Waals surface area contributed by atoms with Crippen LogP contribution in [-0.4, -0.2) is 40.9 Å². The number of ether oxygens (including phenoxy) is 1.